The number of carbonyl (C=O) groups excluding carboxylic acids is 2. The maximum absolute atomic E-state index is 13.7. The molecule has 0 bridgehead atoms. The zero-order chi connectivity index (χ0) is 34.9. The molecule has 2 amide bonds. The van der Waals surface area contributed by atoms with Crippen LogP contribution in [0.25, 0.3) is 22.0 Å². The lowest BCUT2D eigenvalue weighted by Gasteiger charge is -2.26. The predicted octanol–water partition coefficient (Wildman–Crippen LogP) is 3.70. The number of hydrogen-bond donors (Lipinski definition) is 3. The molecule has 0 unspecified atom stereocenters. The number of nitriles is 1. The zero-order valence-electron chi connectivity index (χ0n) is 25.6. The third-order valence-electron chi connectivity index (χ3n) is 7.65. The predicted molar refractivity (Wildman–Crippen MR) is 163 cm³/mol. The van der Waals surface area contributed by atoms with Crippen LogP contribution in [0.15, 0.2) is 54.7 Å². The van der Waals surface area contributed by atoms with Gasteiger partial charge in [0, 0.05) is 50.7 Å². The van der Waals surface area contributed by atoms with Gasteiger partial charge in [-0.1, -0.05) is 24.3 Å². The molecule has 2 saturated heterocycles. The van der Waals surface area contributed by atoms with Crippen LogP contribution in [0.4, 0.5) is 22.0 Å². The Balaban J connectivity index is 0.000000671. The molecule has 5 rings (SSSR count). The number of halogens is 5. The van der Waals surface area contributed by atoms with Crippen molar-refractivity contribution in [2.75, 3.05) is 52.4 Å². The molecule has 48 heavy (non-hydrogen) atoms. The molecule has 2 aliphatic heterocycles. The third kappa shape index (κ3) is 9.81. The van der Waals surface area contributed by atoms with Crippen LogP contribution in [0.3, 0.4) is 0 Å². The number of rotatable bonds is 9. The summed E-state index contributed by atoms with van der Waals surface area (Å²) in [4.78, 5) is 41.9. The summed E-state index contributed by atoms with van der Waals surface area (Å²) in [6.45, 7) is 4.60. The summed E-state index contributed by atoms with van der Waals surface area (Å²) >= 11 is 0. The van der Waals surface area contributed by atoms with Gasteiger partial charge in [-0.2, -0.15) is 18.4 Å². The van der Waals surface area contributed by atoms with Crippen molar-refractivity contribution in [2.45, 2.75) is 31.0 Å². The molecule has 1 aromatic heterocycles. The van der Waals surface area contributed by atoms with E-state index >= 15 is 0 Å². The number of nitrogens with zero attached hydrogens (tertiary/aromatic N) is 4. The van der Waals surface area contributed by atoms with E-state index < -0.39 is 55.4 Å². The van der Waals surface area contributed by atoms with Crippen molar-refractivity contribution in [3.05, 3.63) is 60.3 Å². The number of aliphatic carboxylic acids is 1. The fourth-order valence-corrected chi connectivity index (χ4v) is 5.23. The van der Waals surface area contributed by atoms with Crippen LogP contribution in [0.1, 0.15) is 23.2 Å². The van der Waals surface area contributed by atoms with Gasteiger partial charge in [0.2, 0.25) is 5.91 Å². The smallest absolute Gasteiger partial charge is 0.490 e. The van der Waals surface area contributed by atoms with Gasteiger partial charge in [0.1, 0.15) is 11.8 Å². The summed E-state index contributed by atoms with van der Waals surface area (Å²) < 4.78 is 65.0. The molecule has 11 nitrogen and oxygen atoms in total. The van der Waals surface area contributed by atoms with Crippen LogP contribution in [-0.4, -0.2) is 108 Å². The van der Waals surface area contributed by atoms with E-state index in [9.17, 15) is 31.5 Å². The zero-order valence-corrected chi connectivity index (χ0v) is 25.6. The Morgan fingerprint density at radius 1 is 1.08 bits per heavy atom. The average molecular weight is 677 g/mol. The number of piperazine rings is 1. The molecule has 256 valence electrons. The van der Waals surface area contributed by atoms with Gasteiger partial charge in [0.05, 0.1) is 36.8 Å². The van der Waals surface area contributed by atoms with E-state index in [-0.39, 0.29) is 0 Å². The maximum atomic E-state index is 13.7. The topological polar surface area (TPSA) is 148 Å². The minimum Gasteiger partial charge on any atom is -0.494 e. The molecule has 3 heterocycles. The highest BCUT2D eigenvalue weighted by atomic mass is 19.4. The van der Waals surface area contributed by atoms with Gasteiger partial charge in [0.25, 0.3) is 11.8 Å². The van der Waals surface area contributed by atoms with Gasteiger partial charge in [0.15, 0.2) is 0 Å². The lowest BCUT2D eigenvalue weighted by atomic mass is 10.0. The molecule has 0 aliphatic carbocycles. The molecular formula is C32H33F5N6O5. The highest BCUT2D eigenvalue weighted by molar-refractivity contribution is 6.07. The van der Waals surface area contributed by atoms with Gasteiger partial charge in [-0.05, 0) is 41.8 Å². The number of ether oxygens (including phenoxy) is 1. The summed E-state index contributed by atoms with van der Waals surface area (Å²) in [5.74, 6) is -6.32. The van der Waals surface area contributed by atoms with E-state index in [1.54, 1.807) is 12.1 Å². The number of carboxylic acids is 1. The van der Waals surface area contributed by atoms with Gasteiger partial charge in [-0.3, -0.25) is 14.6 Å². The SMILES string of the molecule is N#C[C@@H]1CC(F)(F)CN1C(=O)CNC(=O)c1ccnc2cc(-c3ccc(OCCCN4CCNCC4)cc3)ccc12.O=C(O)C(F)(F)F. The first-order valence-electron chi connectivity index (χ1n) is 15.0. The number of alkyl halides is 5. The maximum Gasteiger partial charge on any atom is 0.490 e. The fourth-order valence-electron chi connectivity index (χ4n) is 5.23. The Bertz CT molecular complexity index is 1640. The summed E-state index contributed by atoms with van der Waals surface area (Å²) in [5, 5.41) is 22.7. The number of carboxylic acid groups (broad SMARTS) is 1. The second-order valence-corrected chi connectivity index (χ2v) is 11.1. The Morgan fingerprint density at radius 3 is 2.40 bits per heavy atom. The Morgan fingerprint density at radius 2 is 1.75 bits per heavy atom. The number of amides is 2. The van der Waals surface area contributed by atoms with Crippen molar-refractivity contribution < 1.29 is 46.2 Å². The average Bonchev–Trinajstić information content (AvgIpc) is 3.40. The lowest BCUT2D eigenvalue weighted by Crippen LogP contribution is -2.43. The molecule has 16 heteroatoms. The number of hydrogen-bond acceptors (Lipinski definition) is 8. The lowest BCUT2D eigenvalue weighted by molar-refractivity contribution is -0.192. The summed E-state index contributed by atoms with van der Waals surface area (Å²) in [6.07, 6.45) is -3.31. The molecule has 2 fully saturated rings. The number of pyridine rings is 1. The number of nitrogens with one attached hydrogen (secondary N) is 2. The van der Waals surface area contributed by atoms with E-state index in [1.807, 2.05) is 36.4 Å². The van der Waals surface area contributed by atoms with Gasteiger partial charge in [-0.25, -0.2) is 13.6 Å². The van der Waals surface area contributed by atoms with E-state index in [0.29, 0.717) is 23.1 Å². The quantitative estimate of drug-likeness (QED) is 0.228. The highest BCUT2D eigenvalue weighted by Crippen LogP contribution is 2.32. The van der Waals surface area contributed by atoms with Crippen molar-refractivity contribution in [2.24, 2.45) is 0 Å². The third-order valence-corrected chi connectivity index (χ3v) is 7.65. The first kappa shape index (κ1) is 36.0. The minimum absolute atomic E-state index is 0.308. The number of likely N-dealkylation sites (tertiary alicyclic amines) is 1. The summed E-state index contributed by atoms with van der Waals surface area (Å²) in [5.41, 5.74) is 2.79. The van der Waals surface area contributed by atoms with Gasteiger partial charge < -0.3 is 30.3 Å². The fraction of sp³-hybridized carbons (Fsp3) is 0.406. The van der Waals surface area contributed by atoms with Crippen LogP contribution in [-0.2, 0) is 9.59 Å². The largest absolute Gasteiger partial charge is 0.494 e. The Hall–Kier alpha value is -4.88. The molecule has 1 atom stereocenters. The second-order valence-electron chi connectivity index (χ2n) is 11.1. The number of fused-ring (bicyclic) bond motifs is 1. The van der Waals surface area contributed by atoms with Crippen LogP contribution >= 0.6 is 0 Å². The first-order valence-corrected chi connectivity index (χ1v) is 15.0. The van der Waals surface area contributed by atoms with Crippen molar-refractivity contribution in [3.8, 4) is 22.9 Å². The van der Waals surface area contributed by atoms with Crippen LogP contribution in [0.2, 0.25) is 0 Å². The monoisotopic (exact) mass is 676 g/mol. The van der Waals surface area contributed by atoms with Gasteiger partial charge in [-0.15, -0.1) is 0 Å². The van der Waals surface area contributed by atoms with Crippen LogP contribution < -0.4 is 15.4 Å². The first-order chi connectivity index (χ1) is 22.8. The number of benzene rings is 2. The molecule has 0 radical (unpaired) electrons. The van der Waals surface area contributed by atoms with Crippen molar-refractivity contribution >= 4 is 28.7 Å². The molecule has 0 spiro atoms. The molecule has 2 aromatic carbocycles. The van der Waals surface area contributed by atoms with E-state index in [2.05, 4.69) is 20.5 Å². The molecule has 0 saturated carbocycles. The van der Waals surface area contributed by atoms with Gasteiger partial charge >= 0.3 is 12.1 Å². The van der Waals surface area contributed by atoms with E-state index in [4.69, 9.17) is 19.9 Å². The minimum atomic E-state index is -5.08. The molecular weight excluding hydrogens is 643 g/mol. The second kappa shape index (κ2) is 15.8. The van der Waals surface area contributed by atoms with Crippen LogP contribution in [0.5, 0.6) is 5.75 Å². The van der Waals surface area contributed by atoms with Crippen molar-refractivity contribution in [1.29, 1.82) is 5.26 Å². The number of carbonyl (C=O) groups is 3. The molecule has 3 N–H and O–H groups in total. The normalized spacial score (nSPS) is 17.6. The standard InChI is InChI=1S/C30H32F2N6O3.C2HF3O2/c31-30(32)17-23(18-33)38(20-30)28(39)19-36-29(40)26-8-9-35-27-16-22(4-7-25(26)27)21-2-5-24(6-3-21)41-15-1-12-37-13-10-34-11-14-37;3-2(4,5)1(6)7/h2-9,16,23,34H,1,10-15,17,19-20H2,(H,36,40);(H,6,7)/t23-;/m0./s1. The molecule has 3 aromatic rings. The summed E-state index contributed by atoms with van der Waals surface area (Å²) in [6, 6.07) is 15.4. The van der Waals surface area contributed by atoms with Crippen molar-refractivity contribution in [3.63, 3.8) is 0 Å². The Labute approximate surface area is 272 Å². The highest BCUT2D eigenvalue weighted by Gasteiger charge is 2.47. The van der Waals surface area contributed by atoms with Crippen LogP contribution in [0, 0.1) is 11.3 Å². The van der Waals surface area contributed by atoms with Crippen molar-refractivity contribution in [1.82, 2.24) is 25.4 Å². The Kier molecular flexibility index (Phi) is 11.8. The summed E-state index contributed by atoms with van der Waals surface area (Å²) in [7, 11) is 0. The van der Waals surface area contributed by atoms with E-state index in [0.717, 1.165) is 60.9 Å². The number of aromatic nitrogens is 1. The molecule has 2 aliphatic rings. The van der Waals surface area contributed by atoms with E-state index in [1.165, 1.54) is 12.3 Å².